The second kappa shape index (κ2) is 5.09. The van der Waals surface area contributed by atoms with Gasteiger partial charge in [0, 0.05) is 30.6 Å². The molecule has 3 rings (SSSR count). The molecular weight excluding hydrogens is 254 g/mol. The van der Waals surface area contributed by atoms with Crippen LogP contribution in [-0.4, -0.2) is 22.5 Å². The lowest BCUT2D eigenvalue weighted by molar-refractivity contribution is 0.0728. The Morgan fingerprint density at radius 1 is 1.40 bits per heavy atom. The number of benzene rings is 1. The van der Waals surface area contributed by atoms with Gasteiger partial charge in [-0.25, -0.2) is 0 Å². The van der Waals surface area contributed by atoms with Crippen LogP contribution in [0.25, 0.3) is 0 Å². The lowest BCUT2D eigenvalue weighted by atomic mass is 10.0. The van der Waals surface area contributed by atoms with Gasteiger partial charge in [0.25, 0.3) is 5.91 Å². The zero-order valence-electron chi connectivity index (χ0n) is 11.4. The third-order valence-electron chi connectivity index (χ3n) is 3.69. The van der Waals surface area contributed by atoms with Crippen molar-refractivity contribution in [3.05, 3.63) is 52.4 Å². The van der Waals surface area contributed by atoms with Crippen molar-refractivity contribution in [1.82, 2.24) is 10.1 Å². The molecule has 1 aliphatic rings. The standard InChI is InChI=1S/C15H17N3O2/c1-10-2-4-11(5-3-10)15(19)18-7-6-14-12(9-18)13(8-16)17-20-14/h2-5H,6-9,16H2,1H3. The number of nitrogens with zero attached hydrogens (tertiary/aromatic N) is 2. The fourth-order valence-corrected chi connectivity index (χ4v) is 2.48. The van der Waals surface area contributed by atoms with Gasteiger partial charge in [0.05, 0.1) is 6.54 Å². The van der Waals surface area contributed by atoms with Crippen LogP contribution in [0.4, 0.5) is 0 Å². The SMILES string of the molecule is Cc1ccc(C(=O)N2CCc3onc(CN)c3C2)cc1. The number of nitrogens with two attached hydrogens (primary N) is 1. The number of aromatic nitrogens is 1. The summed E-state index contributed by atoms with van der Waals surface area (Å²) in [6.07, 6.45) is 0.694. The van der Waals surface area contributed by atoms with E-state index in [9.17, 15) is 4.79 Å². The number of fused-ring (bicyclic) bond motifs is 1. The number of rotatable bonds is 2. The van der Waals surface area contributed by atoms with Gasteiger partial charge in [-0.3, -0.25) is 4.79 Å². The maximum absolute atomic E-state index is 12.5. The highest BCUT2D eigenvalue weighted by Crippen LogP contribution is 2.23. The van der Waals surface area contributed by atoms with Crippen LogP contribution in [0, 0.1) is 6.92 Å². The highest BCUT2D eigenvalue weighted by molar-refractivity contribution is 5.94. The summed E-state index contributed by atoms with van der Waals surface area (Å²) in [6, 6.07) is 7.63. The monoisotopic (exact) mass is 271 g/mol. The molecule has 2 aromatic rings. The maximum Gasteiger partial charge on any atom is 0.254 e. The molecule has 1 aliphatic heterocycles. The molecule has 0 atom stereocenters. The molecule has 104 valence electrons. The molecule has 5 heteroatoms. The minimum absolute atomic E-state index is 0.0415. The van der Waals surface area contributed by atoms with Crippen molar-refractivity contribution >= 4 is 5.91 Å². The van der Waals surface area contributed by atoms with Crippen LogP contribution < -0.4 is 5.73 Å². The van der Waals surface area contributed by atoms with Crippen molar-refractivity contribution in [1.29, 1.82) is 0 Å². The van der Waals surface area contributed by atoms with Crippen LogP contribution in [0.5, 0.6) is 0 Å². The highest BCUT2D eigenvalue weighted by atomic mass is 16.5. The molecule has 2 heterocycles. The van der Waals surface area contributed by atoms with E-state index in [1.807, 2.05) is 36.1 Å². The molecule has 0 unspecified atom stereocenters. The van der Waals surface area contributed by atoms with E-state index in [4.69, 9.17) is 10.3 Å². The third-order valence-corrected chi connectivity index (χ3v) is 3.69. The molecule has 1 aromatic carbocycles. The van der Waals surface area contributed by atoms with Gasteiger partial charge in [0.2, 0.25) is 0 Å². The van der Waals surface area contributed by atoms with E-state index < -0.39 is 0 Å². The van der Waals surface area contributed by atoms with Gasteiger partial charge >= 0.3 is 0 Å². The number of amides is 1. The van der Waals surface area contributed by atoms with Gasteiger partial charge in [0.1, 0.15) is 11.5 Å². The second-order valence-electron chi connectivity index (χ2n) is 5.08. The molecule has 1 aromatic heterocycles. The maximum atomic E-state index is 12.5. The Morgan fingerprint density at radius 2 is 2.15 bits per heavy atom. The van der Waals surface area contributed by atoms with Crippen molar-refractivity contribution in [3.8, 4) is 0 Å². The summed E-state index contributed by atoms with van der Waals surface area (Å²) in [6.45, 7) is 3.52. The summed E-state index contributed by atoms with van der Waals surface area (Å²) in [5.41, 5.74) is 9.22. The fraction of sp³-hybridized carbons (Fsp3) is 0.333. The average molecular weight is 271 g/mol. The molecule has 2 N–H and O–H groups in total. The molecule has 0 bridgehead atoms. The fourth-order valence-electron chi connectivity index (χ4n) is 2.48. The first-order valence-corrected chi connectivity index (χ1v) is 6.71. The van der Waals surface area contributed by atoms with Gasteiger partial charge in [0.15, 0.2) is 0 Å². The van der Waals surface area contributed by atoms with Crippen molar-refractivity contribution in [2.75, 3.05) is 6.54 Å². The Labute approximate surface area is 117 Å². The van der Waals surface area contributed by atoms with Crippen LogP contribution in [-0.2, 0) is 19.5 Å². The Kier molecular flexibility index (Phi) is 3.28. The molecule has 1 amide bonds. The smallest absolute Gasteiger partial charge is 0.254 e. The summed E-state index contributed by atoms with van der Waals surface area (Å²) in [7, 11) is 0. The summed E-state index contributed by atoms with van der Waals surface area (Å²) in [5, 5.41) is 3.96. The molecule has 0 saturated heterocycles. The highest BCUT2D eigenvalue weighted by Gasteiger charge is 2.26. The van der Waals surface area contributed by atoms with Crippen LogP contribution in [0.2, 0.25) is 0 Å². The van der Waals surface area contributed by atoms with E-state index in [1.165, 1.54) is 0 Å². The molecule has 20 heavy (non-hydrogen) atoms. The summed E-state index contributed by atoms with van der Waals surface area (Å²) >= 11 is 0. The molecule has 0 radical (unpaired) electrons. The van der Waals surface area contributed by atoms with Crippen LogP contribution in [0.1, 0.15) is 32.9 Å². The Morgan fingerprint density at radius 3 is 2.85 bits per heavy atom. The molecule has 0 spiro atoms. The number of carbonyl (C=O) groups excluding carboxylic acids is 1. The van der Waals surface area contributed by atoms with E-state index in [2.05, 4.69) is 5.16 Å². The number of carbonyl (C=O) groups is 1. The minimum Gasteiger partial charge on any atom is -0.361 e. The predicted octanol–water partition coefficient (Wildman–Crippen LogP) is 1.64. The average Bonchev–Trinajstić information content (AvgIpc) is 2.89. The molecule has 0 saturated carbocycles. The van der Waals surface area contributed by atoms with Crippen molar-refractivity contribution < 1.29 is 9.32 Å². The van der Waals surface area contributed by atoms with E-state index in [0.29, 0.717) is 31.6 Å². The summed E-state index contributed by atoms with van der Waals surface area (Å²) in [5.74, 6) is 0.901. The quantitative estimate of drug-likeness (QED) is 0.901. The first kappa shape index (κ1) is 12.9. The van der Waals surface area contributed by atoms with Crippen molar-refractivity contribution in [3.63, 3.8) is 0 Å². The lowest BCUT2D eigenvalue weighted by Crippen LogP contribution is -2.36. The predicted molar refractivity (Wildman–Crippen MR) is 74.0 cm³/mol. The van der Waals surface area contributed by atoms with Gasteiger partial charge in [-0.05, 0) is 19.1 Å². The molecular formula is C15H17N3O2. The van der Waals surface area contributed by atoms with E-state index in [1.54, 1.807) is 0 Å². The van der Waals surface area contributed by atoms with Crippen LogP contribution >= 0.6 is 0 Å². The molecule has 5 nitrogen and oxygen atoms in total. The van der Waals surface area contributed by atoms with Crippen molar-refractivity contribution in [2.45, 2.75) is 26.4 Å². The van der Waals surface area contributed by atoms with Gasteiger partial charge in [-0.15, -0.1) is 0 Å². The van der Waals surface area contributed by atoms with Crippen LogP contribution in [0.15, 0.2) is 28.8 Å². The summed E-state index contributed by atoms with van der Waals surface area (Å²) < 4.78 is 5.26. The van der Waals surface area contributed by atoms with Gasteiger partial charge in [-0.2, -0.15) is 0 Å². The van der Waals surface area contributed by atoms with E-state index >= 15 is 0 Å². The Balaban J connectivity index is 1.82. The zero-order chi connectivity index (χ0) is 14.1. The minimum atomic E-state index is 0.0415. The van der Waals surface area contributed by atoms with E-state index in [-0.39, 0.29) is 5.91 Å². The topological polar surface area (TPSA) is 72.4 Å². The molecule has 0 fully saturated rings. The first-order valence-electron chi connectivity index (χ1n) is 6.71. The number of aryl methyl sites for hydroxylation is 1. The zero-order valence-corrected chi connectivity index (χ0v) is 11.4. The van der Waals surface area contributed by atoms with Gasteiger partial charge in [-0.1, -0.05) is 22.9 Å². The second-order valence-corrected chi connectivity index (χ2v) is 5.08. The van der Waals surface area contributed by atoms with Crippen molar-refractivity contribution in [2.24, 2.45) is 5.73 Å². The first-order chi connectivity index (χ1) is 9.69. The largest absolute Gasteiger partial charge is 0.361 e. The third kappa shape index (κ3) is 2.20. The number of hydrogen-bond donors (Lipinski definition) is 1. The Hall–Kier alpha value is -2.14. The normalized spacial score (nSPS) is 14.2. The molecule has 0 aliphatic carbocycles. The van der Waals surface area contributed by atoms with Gasteiger partial charge < -0.3 is 15.2 Å². The Bertz CT molecular complexity index is 618. The van der Waals surface area contributed by atoms with Crippen LogP contribution in [0.3, 0.4) is 0 Å². The summed E-state index contributed by atoms with van der Waals surface area (Å²) in [4.78, 5) is 14.3. The number of hydrogen-bond acceptors (Lipinski definition) is 4. The van der Waals surface area contributed by atoms with E-state index in [0.717, 1.165) is 22.6 Å². The lowest BCUT2D eigenvalue weighted by Gasteiger charge is -2.26.